The predicted molar refractivity (Wildman–Crippen MR) is 92.0 cm³/mol. The molecule has 0 heterocycles. The topological polar surface area (TPSA) is 0 Å². The van der Waals surface area contributed by atoms with Gasteiger partial charge in [0.15, 0.2) is 0 Å². The standard InChI is InChI=1S/C19H22BrF/c1-10-7-8-16(21)9-17(10)19(20)18-14(5)12(3)11(2)13(4)15(18)6/h7-9,19H,1-6H3. The lowest BCUT2D eigenvalue weighted by Crippen LogP contribution is -2.07. The summed E-state index contributed by atoms with van der Waals surface area (Å²) in [5.74, 6) is -0.184. The van der Waals surface area contributed by atoms with E-state index in [0.29, 0.717) is 0 Å². The third-order valence-electron chi connectivity index (χ3n) is 4.83. The van der Waals surface area contributed by atoms with Gasteiger partial charge in [0.25, 0.3) is 0 Å². The highest BCUT2D eigenvalue weighted by Crippen LogP contribution is 2.39. The van der Waals surface area contributed by atoms with Gasteiger partial charge in [0.05, 0.1) is 4.83 Å². The van der Waals surface area contributed by atoms with Crippen molar-refractivity contribution in [1.29, 1.82) is 0 Å². The normalized spacial score (nSPS) is 12.6. The molecule has 1 atom stereocenters. The van der Waals surface area contributed by atoms with Gasteiger partial charge in [0.1, 0.15) is 5.82 Å². The summed E-state index contributed by atoms with van der Waals surface area (Å²) in [4.78, 5) is 0.0196. The summed E-state index contributed by atoms with van der Waals surface area (Å²) in [7, 11) is 0. The number of halogens is 2. The Kier molecular flexibility index (Phi) is 4.57. The monoisotopic (exact) mass is 348 g/mol. The van der Waals surface area contributed by atoms with E-state index in [1.807, 2.05) is 13.0 Å². The van der Waals surface area contributed by atoms with Crippen molar-refractivity contribution in [2.24, 2.45) is 0 Å². The van der Waals surface area contributed by atoms with Crippen LogP contribution in [0.5, 0.6) is 0 Å². The van der Waals surface area contributed by atoms with Crippen LogP contribution in [-0.4, -0.2) is 0 Å². The Balaban J connectivity index is 2.69. The maximum Gasteiger partial charge on any atom is 0.123 e. The second-order valence-electron chi connectivity index (χ2n) is 5.90. The Hall–Kier alpha value is -1.15. The molecule has 112 valence electrons. The molecular weight excluding hydrogens is 327 g/mol. The van der Waals surface area contributed by atoms with Crippen LogP contribution in [0.15, 0.2) is 18.2 Å². The molecule has 0 radical (unpaired) electrons. The quantitative estimate of drug-likeness (QED) is 0.570. The average Bonchev–Trinajstić information content (AvgIpc) is 2.45. The molecule has 0 spiro atoms. The Morgan fingerprint density at radius 1 is 0.810 bits per heavy atom. The molecule has 0 nitrogen and oxygen atoms in total. The van der Waals surface area contributed by atoms with Gasteiger partial charge >= 0.3 is 0 Å². The number of benzene rings is 2. The van der Waals surface area contributed by atoms with Crippen LogP contribution in [0.4, 0.5) is 4.39 Å². The lowest BCUT2D eigenvalue weighted by Gasteiger charge is -2.23. The van der Waals surface area contributed by atoms with Gasteiger partial charge in [-0.1, -0.05) is 22.0 Å². The molecule has 0 aliphatic rings. The molecule has 2 rings (SSSR count). The molecule has 0 aliphatic heterocycles. The summed E-state index contributed by atoms with van der Waals surface area (Å²) >= 11 is 3.81. The molecule has 0 amide bonds. The Morgan fingerprint density at radius 3 is 1.81 bits per heavy atom. The van der Waals surface area contributed by atoms with E-state index < -0.39 is 0 Å². The van der Waals surface area contributed by atoms with Crippen molar-refractivity contribution in [1.82, 2.24) is 0 Å². The minimum atomic E-state index is -0.184. The Labute approximate surface area is 135 Å². The summed E-state index contributed by atoms with van der Waals surface area (Å²) < 4.78 is 13.6. The molecule has 0 saturated carbocycles. The molecule has 0 bridgehead atoms. The molecule has 2 heteroatoms. The fourth-order valence-corrected chi connectivity index (χ4v) is 4.13. The molecule has 0 saturated heterocycles. The predicted octanol–water partition coefficient (Wildman–Crippen LogP) is 6.16. The van der Waals surface area contributed by atoms with Crippen LogP contribution < -0.4 is 0 Å². The van der Waals surface area contributed by atoms with Gasteiger partial charge in [-0.25, -0.2) is 4.39 Å². The van der Waals surface area contributed by atoms with Gasteiger partial charge in [-0.3, -0.25) is 0 Å². The number of hydrogen-bond acceptors (Lipinski definition) is 0. The molecule has 2 aromatic rings. The van der Waals surface area contributed by atoms with Gasteiger partial charge in [0.2, 0.25) is 0 Å². The maximum absolute atomic E-state index is 13.6. The van der Waals surface area contributed by atoms with Gasteiger partial charge in [-0.15, -0.1) is 0 Å². The van der Waals surface area contributed by atoms with Crippen LogP contribution >= 0.6 is 15.9 Å². The van der Waals surface area contributed by atoms with Crippen LogP contribution in [-0.2, 0) is 0 Å². The maximum atomic E-state index is 13.6. The average molecular weight is 349 g/mol. The van der Waals surface area contributed by atoms with E-state index in [2.05, 4.69) is 50.5 Å². The fraction of sp³-hybridized carbons (Fsp3) is 0.368. The number of alkyl halides is 1. The molecule has 21 heavy (non-hydrogen) atoms. The minimum Gasteiger partial charge on any atom is -0.207 e. The third-order valence-corrected chi connectivity index (χ3v) is 5.78. The first kappa shape index (κ1) is 16.2. The first-order valence-electron chi connectivity index (χ1n) is 7.22. The van der Waals surface area contributed by atoms with E-state index in [-0.39, 0.29) is 10.6 Å². The van der Waals surface area contributed by atoms with Crippen LogP contribution in [0.2, 0.25) is 0 Å². The van der Waals surface area contributed by atoms with Crippen molar-refractivity contribution in [2.45, 2.75) is 46.4 Å². The largest absolute Gasteiger partial charge is 0.207 e. The summed E-state index contributed by atoms with van der Waals surface area (Å²) in [6, 6.07) is 5.00. The number of aryl methyl sites for hydroxylation is 1. The SMILES string of the molecule is Cc1ccc(F)cc1C(Br)c1c(C)c(C)c(C)c(C)c1C. The zero-order chi connectivity index (χ0) is 15.9. The van der Waals surface area contributed by atoms with Crippen LogP contribution in [0.1, 0.15) is 49.3 Å². The zero-order valence-corrected chi connectivity index (χ0v) is 15.2. The van der Waals surface area contributed by atoms with E-state index in [0.717, 1.165) is 11.1 Å². The summed E-state index contributed by atoms with van der Waals surface area (Å²) in [6.45, 7) is 12.9. The lowest BCUT2D eigenvalue weighted by atomic mass is 9.86. The highest BCUT2D eigenvalue weighted by atomic mass is 79.9. The summed E-state index contributed by atoms with van der Waals surface area (Å²) in [6.07, 6.45) is 0. The second-order valence-corrected chi connectivity index (χ2v) is 6.82. The first-order valence-corrected chi connectivity index (χ1v) is 8.14. The van der Waals surface area contributed by atoms with Gasteiger partial charge in [-0.2, -0.15) is 0 Å². The zero-order valence-electron chi connectivity index (χ0n) is 13.6. The van der Waals surface area contributed by atoms with E-state index in [1.54, 1.807) is 6.07 Å². The van der Waals surface area contributed by atoms with Crippen molar-refractivity contribution in [3.8, 4) is 0 Å². The van der Waals surface area contributed by atoms with Crippen molar-refractivity contribution in [3.05, 3.63) is 68.5 Å². The van der Waals surface area contributed by atoms with E-state index in [9.17, 15) is 4.39 Å². The highest BCUT2D eigenvalue weighted by Gasteiger charge is 2.21. The highest BCUT2D eigenvalue weighted by molar-refractivity contribution is 9.09. The van der Waals surface area contributed by atoms with Crippen molar-refractivity contribution < 1.29 is 4.39 Å². The van der Waals surface area contributed by atoms with Gasteiger partial charge in [-0.05, 0) is 98.2 Å². The van der Waals surface area contributed by atoms with E-state index in [4.69, 9.17) is 0 Å². The molecule has 0 aliphatic carbocycles. The lowest BCUT2D eigenvalue weighted by molar-refractivity contribution is 0.625. The number of rotatable bonds is 2. The molecule has 0 fully saturated rings. The molecule has 2 aromatic carbocycles. The summed E-state index contributed by atoms with van der Waals surface area (Å²) in [5.41, 5.74) is 9.96. The van der Waals surface area contributed by atoms with Crippen molar-refractivity contribution in [3.63, 3.8) is 0 Å². The fourth-order valence-electron chi connectivity index (χ4n) is 2.95. The van der Waals surface area contributed by atoms with Crippen LogP contribution in [0.25, 0.3) is 0 Å². The van der Waals surface area contributed by atoms with E-state index in [1.165, 1.54) is 39.4 Å². The second kappa shape index (κ2) is 5.92. The molecule has 0 aromatic heterocycles. The third kappa shape index (κ3) is 2.78. The van der Waals surface area contributed by atoms with Crippen molar-refractivity contribution >= 4 is 15.9 Å². The molecule has 0 N–H and O–H groups in total. The van der Waals surface area contributed by atoms with Gasteiger partial charge in [0, 0.05) is 0 Å². The van der Waals surface area contributed by atoms with Crippen LogP contribution in [0, 0.1) is 47.4 Å². The smallest absolute Gasteiger partial charge is 0.123 e. The van der Waals surface area contributed by atoms with Crippen molar-refractivity contribution in [2.75, 3.05) is 0 Å². The van der Waals surface area contributed by atoms with E-state index >= 15 is 0 Å². The molecular formula is C19H22BrF. The molecule has 1 unspecified atom stereocenters. The first-order chi connectivity index (χ1) is 9.75. The Morgan fingerprint density at radius 2 is 1.29 bits per heavy atom. The van der Waals surface area contributed by atoms with Gasteiger partial charge < -0.3 is 0 Å². The summed E-state index contributed by atoms with van der Waals surface area (Å²) in [5, 5.41) is 0. The number of hydrogen-bond donors (Lipinski definition) is 0. The van der Waals surface area contributed by atoms with Crippen LogP contribution in [0.3, 0.4) is 0 Å². The minimum absolute atomic E-state index is 0.0196. The Bertz CT molecular complexity index is 672.